The summed E-state index contributed by atoms with van der Waals surface area (Å²) in [6, 6.07) is 15.8. The second-order valence-electron chi connectivity index (χ2n) is 6.72. The van der Waals surface area contributed by atoms with Gasteiger partial charge in [-0.2, -0.15) is 0 Å². The lowest BCUT2D eigenvalue weighted by Gasteiger charge is -2.25. The van der Waals surface area contributed by atoms with Crippen LogP contribution < -0.4 is 0 Å². The molecule has 1 heterocycles. The first-order valence-corrected chi connectivity index (χ1v) is 9.09. The molecule has 2 aromatic carbocycles. The Morgan fingerprint density at radius 3 is 2.69 bits per heavy atom. The first kappa shape index (κ1) is 18.3. The molecule has 0 saturated carbocycles. The van der Waals surface area contributed by atoms with Gasteiger partial charge in [-0.25, -0.2) is 9.18 Å². The lowest BCUT2D eigenvalue weighted by Crippen LogP contribution is -2.26. The highest BCUT2D eigenvalue weighted by atomic mass is 19.1. The van der Waals surface area contributed by atoms with Gasteiger partial charge in [-0.1, -0.05) is 48.5 Å². The van der Waals surface area contributed by atoms with E-state index in [1.54, 1.807) is 12.1 Å². The van der Waals surface area contributed by atoms with Crippen molar-refractivity contribution in [3.63, 3.8) is 0 Å². The van der Waals surface area contributed by atoms with Crippen LogP contribution in [-0.4, -0.2) is 29.1 Å². The fourth-order valence-electron chi connectivity index (χ4n) is 3.61. The third kappa shape index (κ3) is 4.79. The van der Waals surface area contributed by atoms with Crippen molar-refractivity contribution in [2.24, 2.45) is 0 Å². The molecule has 1 fully saturated rings. The van der Waals surface area contributed by atoms with Crippen LogP contribution in [-0.2, 0) is 17.6 Å². The van der Waals surface area contributed by atoms with E-state index in [-0.39, 0.29) is 5.82 Å². The number of rotatable bonds is 7. The molecular formula is C22H24FNO2. The van der Waals surface area contributed by atoms with Gasteiger partial charge in [-0.3, -0.25) is 4.90 Å². The van der Waals surface area contributed by atoms with Gasteiger partial charge in [0.15, 0.2) is 0 Å². The van der Waals surface area contributed by atoms with Crippen molar-refractivity contribution in [1.82, 2.24) is 4.90 Å². The summed E-state index contributed by atoms with van der Waals surface area (Å²) in [4.78, 5) is 13.0. The normalized spacial score (nSPS) is 17.8. The predicted octanol–water partition coefficient (Wildman–Crippen LogP) is 4.39. The van der Waals surface area contributed by atoms with Gasteiger partial charge in [-0.15, -0.1) is 0 Å². The number of likely N-dealkylation sites (tertiary alicyclic amines) is 1. The van der Waals surface area contributed by atoms with Crippen LogP contribution in [0.1, 0.15) is 35.6 Å². The Morgan fingerprint density at radius 1 is 1.19 bits per heavy atom. The van der Waals surface area contributed by atoms with Crippen LogP contribution in [0.15, 0.2) is 60.7 Å². The van der Waals surface area contributed by atoms with Crippen molar-refractivity contribution in [2.45, 2.75) is 31.7 Å². The van der Waals surface area contributed by atoms with E-state index in [9.17, 15) is 9.18 Å². The quantitative estimate of drug-likeness (QED) is 0.751. The summed E-state index contributed by atoms with van der Waals surface area (Å²) in [5.74, 6) is -1.04. The van der Waals surface area contributed by atoms with Gasteiger partial charge in [0.2, 0.25) is 0 Å². The van der Waals surface area contributed by atoms with E-state index in [2.05, 4.69) is 29.2 Å². The van der Waals surface area contributed by atoms with Crippen LogP contribution >= 0.6 is 0 Å². The van der Waals surface area contributed by atoms with Gasteiger partial charge in [0, 0.05) is 18.7 Å². The van der Waals surface area contributed by atoms with Crippen LogP contribution in [0.5, 0.6) is 0 Å². The number of allylic oxidation sites excluding steroid dienone is 1. The molecule has 0 bridgehead atoms. The second kappa shape index (κ2) is 8.77. The highest BCUT2D eigenvalue weighted by molar-refractivity contribution is 5.79. The van der Waals surface area contributed by atoms with Crippen molar-refractivity contribution in [2.75, 3.05) is 13.1 Å². The Kier molecular flexibility index (Phi) is 6.18. The average Bonchev–Trinajstić information content (AvgIpc) is 3.10. The number of benzene rings is 2. The Balaban J connectivity index is 1.60. The maximum absolute atomic E-state index is 13.8. The first-order valence-electron chi connectivity index (χ1n) is 9.09. The number of hydrogen-bond acceptors (Lipinski definition) is 2. The molecule has 1 aliphatic heterocycles. The Bertz CT molecular complexity index is 770. The van der Waals surface area contributed by atoms with E-state index in [0.29, 0.717) is 12.5 Å². The monoisotopic (exact) mass is 353 g/mol. The highest BCUT2D eigenvalue weighted by Gasteiger charge is 2.25. The summed E-state index contributed by atoms with van der Waals surface area (Å²) in [5.41, 5.74) is 3.16. The fraction of sp³-hybridized carbons (Fsp3) is 0.318. The molecule has 0 aromatic heterocycles. The first-order chi connectivity index (χ1) is 12.6. The molecule has 3 rings (SSSR count). The molecule has 0 spiro atoms. The van der Waals surface area contributed by atoms with Crippen LogP contribution in [0.3, 0.4) is 0 Å². The molecule has 3 nitrogen and oxygen atoms in total. The molecule has 1 saturated heterocycles. The minimum absolute atomic E-state index is 0.123. The van der Waals surface area contributed by atoms with Crippen LogP contribution in [0.2, 0.25) is 0 Å². The summed E-state index contributed by atoms with van der Waals surface area (Å²) in [7, 11) is 0. The number of aliphatic carboxylic acids is 1. The molecule has 0 radical (unpaired) electrons. The number of carbonyl (C=O) groups is 1. The van der Waals surface area contributed by atoms with Crippen molar-refractivity contribution < 1.29 is 14.3 Å². The van der Waals surface area contributed by atoms with E-state index < -0.39 is 5.97 Å². The molecule has 136 valence electrons. The van der Waals surface area contributed by atoms with Gasteiger partial charge < -0.3 is 5.11 Å². The number of nitrogens with zero attached hydrogens (tertiary/aromatic N) is 1. The van der Waals surface area contributed by atoms with E-state index in [0.717, 1.165) is 43.5 Å². The van der Waals surface area contributed by atoms with Crippen molar-refractivity contribution in [3.8, 4) is 0 Å². The van der Waals surface area contributed by atoms with Crippen LogP contribution in [0.4, 0.5) is 4.39 Å². The summed E-state index contributed by atoms with van der Waals surface area (Å²) in [6.45, 7) is 1.90. The van der Waals surface area contributed by atoms with Crippen LogP contribution in [0, 0.1) is 5.82 Å². The molecule has 1 atom stereocenters. The molecular weight excluding hydrogens is 329 g/mol. The maximum atomic E-state index is 13.8. The predicted molar refractivity (Wildman–Crippen MR) is 101 cm³/mol. The molecule has 26 heavy (non-hydrogen) atoms. The van der Waals surface area contributed by atoms with Gasteiger partial charge in [0.25, 0.3) is 0 Å². The summed E-state index contributed by atoms with van der Waals surface area (Å²) in [5, 5.41) is 8.64. The highest BCUT2D eigenvalue weighted by Crippen LogP contribution is 2.32. The maximum Gasteiger partial charge on any atom is 0.327 e. The van der Waals surface area contributed by atoms with Gasteiger partial charge >= 0.3 is 5.97 Å². The summed E-state index contributed by atoms with van der Waals surface area (Å²) < 4.78 is 13.8. The molecule has 1 N–H and O–H groups in total. The fourth-order valence-corrected chi connectivity index (χ4v) is 3.61. The summed E-state index contributed by atoms with van der Waals surface area (Å²) >= 11 is 0. The largest absolute Gasteiger partial charge is 0.478 e. The van der Waals surface area contributed by atoms with Crippen LogP contribution in [0.25, 0.3) is 0 Å². The van der Waals surface area contributed by atoms with E-state index in [1.807, 2.05) is 12.1 Å². The van der Waals surface area contributed by atoms with Gasteiger partial charge in [-0.05, 0) is 55.0 Å². The SMILES string of the molecule is O=C(O)/C=C/Cc1ccc([C@@H]2CCCN2CCc2ccccc2F)cc1. The minimum Gasteiger partial charge on any atom is -0.478 e. The smallest absolute Gasteiger partial charge is 0.327 e. The molecule has 2 aromatic rings. The van der Waals surface area contributed by atoms with Gasteiger partial charge in [0.1, 0.15) is 5.82 Å². The molecule has 0 unspecified atom stereocenters. The van der Waals surface area contributed by atoms with Crippen molar-refractivity contribution >= 4 is 5.97 Å². The average molecular weight is 353 g/mol. The number of halogens is 1. The third-order valence-corrected chi connectivity index (χ3v) is 4.97. The van der Waals surface area contributed by atoms with E-state index >= 15 is 0 Å². The lowest BCUT2D eigenvalue weighted by atomic mass is 10.0. The van der Waals surface area contributed by atoms with Crippen molar-refractivity contribution in [3.05, 3.63) is 83.2 Å². The Hall–Kier alpha value is -2.46. The summed E-state index contributed by atoms with van der Waals surface area (Å²) in [6.07, 6.45) is 6.46. The topological polar surface area (TPSA) is 40.5 Å². The molecule has 4 heteroatoms. The standard InChI is InChI=1S/C22H24FNO2/c23-20-7-2-1-6-18(20)14-16-24-15-4-8-21(24)19-12-10-17(11-13-19)5-3-9-22(25)26/h1-3,6-7,9-13,21H,4-5,8,14-16H2,(H,25,26)/b9-3+/t21-/m0/s1. The lowest BCUT2D eigenvalue weighted by molar-refractivity contribution is -0.131. The zero-order chi connectivity index (χ0) is 18.4. The Labute approximate surface area is 153 Å². The number of carboxylic acids is 1. The number of carboxylic acid groups (broad SMARTS) is 1. The molecule has 1 aliphatic rings. The molecule has 0 amide bonds. The second-order valence-corrected chi connectivity index (χ2v) is 6.72. The Morgan fingerprint density at radius 2 is 1.96 bits per heavy atom. The van der Waals surface area contributed by atoms with Gasteiger partial charge in [0.05, 0.1) is 0 Å². The zero-order valence-electron chi connectivity index (χ0n) is 14.8. The number of hydrogen-bond donors (Lipinski definition) is 1. The van der Waals surface area contributed by atoms with Crippen molar-refractivity contribution in [1.29, 1.82) is 0 Å². The van der Waals surface area contributed by atoms with E-state index in [4.69, 9.17) is 5.11 Å². The zero-order valence-corrected chi connectivity index (χ0v) is 14.8. The van der Waals surface area contributed by atoms with E-state index in [1.165, 1.54) is 17.7 Å². The molecule has 0 aliphatic carbocycles. The minimum atomic E-state index is -0.918. The third-order valence-electron chi connectivity index (χ3n) is 4.97.